The first-order chi connectivity index (χ1) is 6.86. The predicted molar refractivity (Wildman–Crippen MR) is 56.5 cm³/mol. The van der Waals surface area contributed by atoms with Gasteiger partial charge in [0.2, 0.25) is 0 Å². The molecule has 3 rings (SSSR count). The Kier molecular flexibility index (Phi) is 1.36. The van der Waals surface area contributed by atoms with E-state index >= 15 is 0 Å². The average molecular weight is 184 g/mol. The molecule has 0 unspecified atom stereocenters. The number of hydrogen-bond acceptors (Lipinski definition) is 3. The van der Waals surface area contributed by atoms with Crippen LogP contribution in [0.1, 0.15) is 5.56 Å². The van der Waals surface area contributed by atoms with Gasteiger partial charge in [0.1, 0.15) is 11.4 Å². The minimum atomic E-state index is 0.241. The maximum atomic E-state index is 9.60. The van der Waals surface area contributed by atoms with E-state index in [0.717, 1.165) is 16.8 Å². The number of para-hydroxylation sites is 1. The molecule has 0 bridgehead atoms. The van der Waals surface area contributed by atoms with Gasteiger partial charge in [-0.3, -0.25) is 4.99 Å². The zero-order chi connectivity index (χ0) is 9.54. The lowest BCUT2D eigenvalue weighted by Gasteiger charge is -2.04. The van der Waals surface area contributed by atoms with Crippen LogP contribution in [0.15, 0.2) is 34.3 Å². The normalized spacial score (nSPS) is 17.1. The molecule has 2 aliphatic rings. The van der Waals surface area contributed by atoms with Gasteiger partial charge in [-0.25, -0.2) is 4.99 Å². The molecule has 0 amide bonds. The van der Waals surface area contributed by atoms with Crippen molar-refractivity contribution in [1.82, 2.24) is 0 Å². The number of dihydropyridines is 1. The first kappa shape index (κ1) is 7.50. The van der Waals surface area contributed by atoms with Gasteiger partial charge in [0, 0.05) is 17.4 Å². The lowest BCUT2D eigenvalue weighted by molar-refractivity contribution is 0.477. The Hall–Kier alpha value is -1.90. The Morgan fingerprint density at radius 1 is 1.29 bits per heavy atom. The van der Waals surface area contributed by atoms with E-state index in [2.05, 4.69) is 9.98 Å². The third-order valence-electron chi connectivity index (χ3n) is 2.45. The molecule has 0 saturated heterocycles. The minimum absolute atomic E-state index is 0.241. The summed E-state index contributed by atoms with van der Waals surface area (Å²) in [6.07, 6.45) is 3.72. The van der Waals surface area contributed by atoms with Crippen LogP contribution >= 0.6 is 0 Å². The van der Waals surface area contributed by atoms with Gasteiger partial charge >= 0.3 is 0 Å². The molecule has 1 aromatic carbocycles. The van der Waals surface area contributed by atoms with E-state index in [-0.39, 0.29) is 5.75 Å². The van der Waals surface area contributed by atoms with Gasteiger partial charge in [0.25, 0.3) is 0 Å². The summed E-state index contributed by atoms with van der Waals surface area (Å²) in [5.41, 5.74) is 3.72. The van der Waals surface area contributed by atoms with Gasteiger partial charge in [0.05, 0.1) is 12.3 Å². The first-order valence-electron chi connectivity index (χ1n) is 4.46. The highest BCUT2D eigenvalue weighted by Gasteiger charge is 2.23. The van der Waals surface area contributed by atoms with Crippen molar-refractivity contribution in [2.24, 2.45) is 9.98 Å². The quantitative estimate of drug-likeness (QED) is 0.658. The van der Waals surface area contributed by atoms with Crippen molar-refractivity contribution in [3.8, 4) is 5.75 Å². The zero-order valence-corrected chi connectivity index (χ0v) is 7.44. The van der Waals surface area contributed by atoms with Gasteiger partial charge in [0.15, 0.2) is 0 Å². The molecule has 14 heavy (non-hydrogen) atoms. The molecule has 3 heteroatoms. The third kappa shape index (κ3) is 0.865. The van der Waals surface area contributed by atoms with Crippen molar-refractivity contribution in [3.63, 3.8) is 0 Å². The summed E-state index contributed by atoms with van der Waals surface area (Å²) in [4.78, 5) is 8.48. The standard InChI is InChI=1S/C11H8N2O/c14-10-3-1-2-8-7-4-5-12-6-9(7)13-11(8)10/h1-5,14H,6H2. The van der Waals surface area contributed by atoms with Gasteiger partial charge in [-0.15, -0.1) is 0 Å². The second-order valence-corrected chi connectivity index (χ2v) is 3.30. The second kappa shape index (κ2) is 2.54. The Morgan fingerprint density at radius 2 is 2.21 bits per heavy atom. The Labute approximate surface area is 81.1 Å². The number of phenolic OH excluding ortho intramolecular Hbond substituents is 1. The molecule has 1 aromatic rings. The van der Waals surface area contributed by atoms with Crippen molar-refractivity contribution in [2.75, 3.05) is 6.54 Å². The highest BCUT2D eigenvalue weighted by molar-refractivity contribution is 6.33. The molecule has 3 nitrogen and oxygen atoms in total. The predicted octanol–water partition coefficient (Wildman–Crippen LogP) is 1.95. The molecular formula is C11H8N2O. The number of hydrogen-bond donors (Lipinski definition) is 1. The number of aromatic hydroxyl groups is 1. The summed E-state index contributed by atoms with van der Waals surface area (Å²) in [6, 6.07) is 5.46. The number of phenols is 1. The topological polar surface area (TPSA) is 45.0 Å². The van der Waals surface area contributed by atoms with Crippen molar-refractivity contribution in [1.29, 1.82) is 0 Å². The first-order valence-corrected chi connectivity index (χ1v) is 4.46. The Bertz CT molecular complexity index is 498. The largest absolute Gasteiger partial charge is 0.506 e. The Morgan fingerprint density at radius 3 is 3.14 bits per heavy atom. The van der Waals surface area contributed by atoms with Crippen LogP contribution in [-0.2, 0) is 0 Å². The number of nitrogens with zero attached hydrogens (tertiary/aromatic N) is 2. The van der Waals surface area contributed by atoms with Crippen LogP contribution in [0.3, 0.4) is 0 Å². The molecule has 0 spiro atoms. The van der Waals surface area contributed by atoms with Crippen LogP contribution in [0.5, 0.6) is 5.75 Å². The van der Waals surface area contributed by atoms with Crippen molar-refractivity contribution in [3.05, 3.63) is 29.8 Å². The number of allylic oxidation sites excluding steroid dienone is 1. The molecule has 1 N–H and O–H groups in total. The van der Waals surface area contributed by atoms with Gasteiger partial charge in [-0.2, -0.15) is 0 Å². The summed E-state index contributed by atoms with van der Waals surface area (Å²) in [5.74, 6) is 0.241. The third-order valence-corrected chi connectivity index (χ3v) is 2.45. The lowest BCUT2D eigenvalue weighted by Crippen LogP contribution is -2.05. The molecule has 2 aliphatic heterocycles. The van der Waals surface area contributed by atoms with Crippen LogP contribution in [0.25, 0.3) is 5.57 Å². The monoisotopic (exact) mass is 184 g/mol. The summed E-state index contributed by atoms with van der Waals surface area (Å²) in [7, 11) is 0. The van der Waals surface area contributed by atoms with E-state index in [1.165, 1.54) is 0 Å². The molecule has 0 atom stereocenters. The molecule has 0 aromatic heterocycles. The molecule has 0 radical (unpaired) electrons. The summed E-state index contributed by atoms with van der Waals surface area (Å²) in [5, 5.41) is 9.60. The van der Waals surface area contributed by atoms with Crippen LogP contribution < -0.4 is 0 Å². The van der Waals surface area contributed by atoms with E-state index in [0.29, 0.717) is 12.2 Å². The smallest absolute Gasteiger partial charge is 0.141 e. The summed E-state index contributed by atoms with van der Waals surface area (Å²) >= 11 is 0. The fourth-order valence-corrected chi connectivity index (χ4v) is 1.79. The Balaban J connectivity index is 2.29. The average Bonchev–Trinajstić information content (AvgIpc) is 2.59. The number of fused-ring (bicyclic) bond motifs is 3. The van der Waals surface area contributed by atoms with Crippen molar-refractivity contribution >= 4 is 23.2 Å². The van der Waals surface area contributed by atoms with Crippen LogP contribution in [-0.4, -0.2) is 23.6 Å². The fourth-order valence-electron chi connectivity index (χ4n) is 1.79. The molecule has 0 fully saturated rings. The SMILES string of the molecule is Oc1cccc2c1N=C1CN=CC=C12. The van der Waals surface area contributed by atoms with Crippen molar-refractivity contribution < 1.29 is 5.11 Å². The van der Waals surface area contributed by atoms with Crippen LogP contribution in [0.4, 0.5) is 5.69 Å². The van der Waals surface area contributed by atoms with E-state index in [1.807, 2.05) is 18.2 Å². The highest BCUT2D eigenvalue weighted by Crippen LogP contribution is 2.41. The molecule has 0 aliphatic carbocycles. The molecule has 68 valence electrons. The van der Waals surface area contributed by atoms with Gasteiger partial charge < -0.3 is 5.11 Å². The zero-order valence-electron chi connectivity index (χ0n) is 7.44. The van der Waals surface area contributed by atoms with E-state index in [1.54, 1.807) is 12.3 Å². The minimum Gasteiger partial charge on any atom is -0.506 e. The lowest BCUT2D eigenvalue weighted by atomic mass is 10.0. The fraction of sp³-hybridized carbons (Fsp3) is 0.0909. The van der Waals surface area contributed by atoms with E-state index < -0.39 is 0 Å². The number of rotatable bonds is 0. The van der Waals surface area contributed by atoms with Gasteiger partial charge in [-0.05, 0) is 12.1 Å². The maximum absolute atomic E-state index is 9.60. The number of aliphatic imine (C=N–C) groups is 2. The number of benzene rings is 1. The maximum Gasteiger partial charge on any atom is 0.141 e. The van der Waals surface area contributed by atoms with E-state index in [9.17, 15) is 5.11 Å². The molecule has 0 saturated carbocycles. The molecule has 2 heterocycles. The van der Waals surface area contributed by atoms with Crippen molar-refractivity contribution in [2.45, 2.75) is 0 Å². The van der Waals surface area contributed by atoms with E-state index in [4.69, 9.17) is 0 Å². The summed E-state index contributed by atoms with van der Waals surface area (Å²) < 4.78 is 0. The van der Waals surface area contributed by atoms with Gasteiger partial charge in [-0.1, -0.05) is 12.1 Å². The van der Waals surface area contributed by atoms with Crippen LogP contribution in [0.2, 0.25) is 0 Å². The molecular weight excluding hydrogens is 176 g/mol. The summed E-state index contributed by atoms with van der Waals surface area (Å²) in [6.45, 7) is 0.611. The van der Waals surface area contributed by atoms with Crippen LogP contribution in [0, 0.1) is 0 Å². The second-order valence-electron chi connectivity index (χ2n) is 3.30. The highest BCUT2D eigenvalue weighted by atomic mass is 16.3.